The lowest BCUT2D eigenvalue weighted by molar-refractivity contribution is 0.312. The van der Waals surface area contributed by atoms with Gasteiger partial charge in [-0.05, 0) is 38.0 Å². The minimum atomic E-state index is 0.218. The van der Waals surface area contributed by atoms with Crippen LogP contribution in [0, 0.1) is 18.3 Å². The summed E-state index contributed by atoms with van der Waals surface area (Å²) in [4.78, 5) is 6.02. The molecule has 0 amide bonds. The van der Waals surface area contributed by atoms with Crippen LogP contribution in [0.5, 0.6) is 5.75 Å². The third-order valence-electron chi connectivity index (χ3n) is 4.46. The van der Waals surface area contributed by atoms with Gasteiger partial charge >= 0.3 is 0 Å². The van der Waals surface area contributed by atoms with E-state index in [0.717, 1.165) is 35.0 Å². The molecular formula is C23H25N3OS. The van der Waals surface area contributed by atoms with Crippen molar-refractivity contribution in [3.63, 3.8) is 0 Å². The first-order valence-corrected chi connectivity index (χ1v) is 10.3. The van der Waals surface area contributed by atoms with Crippen molar-refractivity contribution in [2.24, 2.45) is 0 Å². The Kier molecular flexibility index (Phi) is 7.18. The van der Waals surface area contributed by atoms with Crippen LogP contribution in [0.1, 0.15) is 41.9 Å². The molecule has 0 radical (unpaired) electrons. The van der Waals surface area contributed by atoms with Crippen LogP contribution in [-0.2, 0) is 6.54 Å². The number of hydrogen-bond donors (Lipinski definition) is 1. The summed E-state index contributed by atoms with van der Waals surface area (Å²) in [6.45, 7) is 5.58. The highest BCUT2D eigenvalue weighted by Gasteiger charge is 2.15. The number of benzene rings is 2. The van der Waals surface area contributed by atoms with E-state index in [0.29, 0.717) is 13.0 Å². The van der Waals surface area contributed by atoms with Gasteiger partial charge in [-0.15, -0.1) is 11.3 Å². The Bertz CT molecular complexity index is 931. The number of aromatic nitrogens is 1. The van der Waals surface area contributed by atoms with E-state index in [1.165, 1.54) is 10.4 Å². The first-order chi connectivity index (χ1) is 13.7. The topological polar surface area (TPSA) is 57.9 Å². The van der Waals surface area contributed by atoms with Crippen LogP contribution >= 0.6 is 11.3 Å². The number of nitriles is 1. The monoisotopic (exact) mass is 391 g/mol. The zero-order valence-electron chi connectivity index (χ0n) is 16.3. The molecule has 144 valence electrons. The maximum Gasteiger partial charge on any atom is 0.123 e. The number of nitrogens with one attached hydrogen (secondary N) is 1. The summed E-state index contributed by atoms with van der Waals surface area (Å²) in [6, 6.07) is 20.8. The lowest BCUT2D eigenvalue weighted by Crippen LogP contribution is -2.17. The fourth-order valence-electron chi connectivity index (χ4n) is 2.96. The highest BCUT2D eigenvalue weighted by Crippen LogP contribution is 2.31. The molecule has 0 saturated carbocycles. The number of hydrogen-bond acceptors (Lipinski definition) is 5. The second-order valence-electron chi connectivity index (χ2n) is 6.69. The van der Waals surface area contributed by atoms with Gasteiger partial charge in [0.1, 0.15) is 10.8 Å². The van der Waals surface area contributed by atoms with Gasteiger partial charge in [0.25, 0.3) is 0 Å². The summed E-state index contributed by atoms with van der Waals surface area (Å²) in [6.07, 6.45) is 1.28. The number of thiazole rings is 1. The molecule has 1 atom stereocenters. The molecule has 0 saturated heterocycles. The molecule has 1 unspecified atom stereocenters. The zero-order chi connectivity index (χ0) is 19.8. The van der Waals surface area contributed by atoms with E-state index in [4.69, 9.17) is 15.0 Å². The van der Waals surface area contributed by atoms with Gasteiger partial charge in [-0.2, -0.15) is 5.26 Å². The first kappa shape index (κ1) is 20.1. The molecule has 5 heteroatoms. The Morgan fingerprint density at radius 3 is 2.79 bits per heavy atom. The molecule has 2 aromatic carbocycles. The zero-order valence-corrected chi connectivity index (χ0v) is 17.1. The van der Waals surface area contributed by atoms with Gasteiger partial charge in [0.05, 0.1) is 18.4 Å². The molecular weight excluding hydrogens is 366 g/mol. The fourth-order valence-corrected chi connectivity index (χ4v) is 4.06. The van der Waals surface area contributed by atoms with Gasteiger partial charge in [0.2, 0.25) is 0 Å². The van der Waals surface area contributed by atoms with Crippen molar-refractivity contribution < 1.29 is 4.74 Å². The van der Waals surface area contributed by atoms with Gasteiger partial charge in [0.15, 0.2) is 0 Å². The molecule has 0 spiro atoms. The molecule has 0 bridgehead atoms. The summed E-state index contributed by atoms with van der Waals surface area (Å²) < 4.78 is 5.72. The lowest BCUT2D eigenvalue weighted by atomic mass is 10.2. The van der Waals surface area contributed by atoms with Crippen molar-refractivity contribution >= 4 is 11.3 Å². The van der Waals surface area contributed by atoms with Gasteiger partial charge in [-0.3, -0.25) is 0 Å². The van der Waals surface area contributed by atoms with Gasteiger partial charge in [-0.1, -0.05) is 42.5 Å². The molecule has 1 heterocycles. The van der Waals surface area contributed by atoms with Crippen LogP contribution in [0.15, 0.2) is 54.6 Å². The smallest absolute Gasteiger partial charge is 0.123 e. The molecule has 0 fully saturated rings. The number of ether oxygens (including phenoxy) is 1. The van der Waals surface area contributed by atoms with Crippen molar-refractivity contribution in [2.75, 3.05) is 6.61 Å². The second kappa shape index (κ2) is 10.0. The van der Waals surface area contributed by atoms with Gasteiger partial charge < -0.3 is 10.1 Å². The number of unbranched alkanes of at least 4 members (excludes halogenated alkanes) is 1. The quantitative estimate of drug-likeness (QED) is 0.479. The van der Waals surface area contributed by atoms with E-state index in [9.17, 15) is 0 Å². The summed E-state index contributed by atoms with van der Waals surface area (Å²) in [5, 5.41) is 13.3. The third-order valence-corrected chi connectivity index (χ3v) is 5.85. The van der Waals surface area contributed by atoms with Crippen LogP contribution < -0.4 is 10.1 Å². The Morgan fingerprint density at radius 2 is 2.00 bits per heavy atom. The minimum Gasteiger partial charge on any atom is -0.494 e. The Balaban J connectivity index is 1.59. The van der Waals surface area contributed by atoms with Crippen molar-refractivity contribution in [2.45, 2.75) is 39.3 Å². The highest BCUT2D eigenvalue weighted by molar-refractivity contribution is 7.15. The fraction of sp³-hybridized carbons (Fsp3) is 0.304. The maximum absolute atomic E-state index is 8.59. The molecule has 0 aliphatic carbocycles. The molecule has 1 N–H and O–H groups in total. The van der Waals surface area contributed by atoms with Crippen LogP contribution in [0.4, 0.5) is 0 Å². The largest absolute Gasteiger partial charge is 0.494 e. The molecule has 0 aliphatic rings. The molecule has 3 rings (SSSR count). The second-order valence-corrected chi connectivity index (χ2v) is 7.73. The van der Waals surface area contributed by atoms with Crippen molar-refractivity contribution in [1.82, 2.24) is 10.3 Å². The van der Waals surface area contributed by atoms with Crippen LogP contribution in [-0.4, -0.2) is 11.6 Å². The number of nitrogens with zero attached hydrogens (tertiary/aromatic N) is 2. The molecule has 1 aromatic heterocycles. The van der Waals surface area contributed by atoms with Crippen molar-refractivity contribution in [3.05, 3.63) is 70.7 Å². The van der Waals surface area contributed by atoms with Crippen LogP contribution in [0.3, 0.4) is 0 Å². The van der Waals surface area contributed by atoms with Gasteiger partial charge in [-0.25, -0.2) is 4.98 Å². The van der Waals surface area contributed by atoms with E-state index in [2.05, 4.69) is 49.5 Å². The maximum atomic E-state index is 8.59. The first-order valence-electron chi connectivity index (χ1n) is 9.52. The highest BCUT2D eigenvalue weighted by atomic mass is 32.1. The summed E-state index contributed by atoms with van der Waals surface area (Å²) >= 11 is 1.75. The number of rotatable bonds is 9. The number of aryl methyl sites for hydroxylation is 1. The van der Waals surface area contributed by atoms with Crippen LogP contribution in [0.2, 0.25) is 0 Å². The van der Waals surface area contributed by atoms with E-state index in [1.54, 1.807) is 11.3 Å². The molecule has 28 heavy (non-hydrogen) atoms. The average molecular weight is 392 g/mol. The third kappa shape index (κ3) is 5.41. The van der Waals surface area contributed by atoms with E-state index in [-0.39, 0.29) is 6.04 Å². The van der Waals surface area contributed by atoms with Crippen molar-refractivity contribution in [3.8, 4) is 22.4 Å². The predicted molar refractivity (Wildman–Crippen MR) is 114 cm³/mol. The van der Waals surface area contributed by atoms with Crippen LogP contribution in [0.25, 0.3) is 10.6 Å². The summed E-state index contributed by atoms with van der Waals surface area (Å²) in [7, 11) is 0. The van der Waals surface area contributed by atoms with E-state index in [1.807, 2.05) is 30.3 Å². The Morgan fingerprint density at radius 1 is 1.18 bits per heavy atom. The average Bonchev–Trinajstić information content (AvgIpc) is 3.12. The summed E-state index contributed by atoms with van der Waals surface area (Å²) in [5.74, 6) is 0.852. The van der Waals surface area contributed by atoms with Gasteiger partial charge in [0, 0.05) is 29.4 Å². The molecule has 0 aliphatic heterocycles. The minimum absolute atomic E-state index is 0.218. The standard InChI is InChI=1S/C23H25N3OS/c1-17(22-18(2)26-23(28-22)20-10-4-3-5-11-20)25-16-19-9-8-12-21(15-19)27-14-7-6-13-24/h3-5,8-12,15,17,25H,6-7,14,16H2,1-2H3. The molecule has 4 nitrogen and oxygen atoms in total. The Labute approximate surface area is 170 Å². The Hall–Kier alpha value is -2.68. The summed E-state index contributed by atoms with van der Waals surface area (Å²) in [5.41, 5.74) is 3.42. The normalized spacial score (nSPS) is 11.8. The lowest BCUT2D eigenvalue weighted by Gasteiger charge is -2.13. The molecule has 3 aromatic rings. The van der Waals surface area contributed by atoms with Crippen molar-refractivity contribution in [1.29, 1.82) is 5.26 Å². The van der Waals surface area contributed by atoms with E-state index < -0.39 is 0 Å². The van der Waals surface area contributed by atoms with E-state index >= 15 is 0 Å². The predicted octanol–water partition coefficient (Wildman–Crippen LogP) is 5.65. The SMILES string of the molecule is Cc1nc(-c2ccccc2)sc1C(C)NCc1cccc(OCCCC#N)c1.